The summed E-state index contributed by atoms with van der Waals surface area (Å²) in [4.78, 5) is 44.4. The monoisotopic (exact) mass is 283 g/mol. The maximum Gasteiger partial charge on any atom is 0.286 e. The molecule has 0 spiro atoms. The van der Waals surface area contributed by atoms with Crippen molar-refractivity contribution in [3.05, 3.63) is 0 Å². The topological polar surface area (TPSA) is 116 Å². The Balaban J connectivity index is 1.96. The molecule has 0 saturated heterocycles. The lowest BCUT2D eigenvalue weighted by atomic mass is 10.7. The van der Waals surface area contributed by atoms with Gasteiger partial charge in [-0.05, 0) is 0 Å². The second kappa shape index (κ2) is 4.51. The first kappa shape index (κ1) is 11.9. The molecule has 0 fully saturated rings. The Morgan fingerprint density at radius 3 is 1.21 bits per heavy atom. The van der Waals surface area contributed by atoms with Crippen molar-refractivity contribution >= 4 is 42.6 Å². The number of hydrogen-bond donors (Lipinski definition) is 0. The van der Waals surface area contributed by atoms with Crippen molar-refractivity contribution in [2.24, 2.45) is 15.0 Å². The van der Waals surface area contributed by atoms with Crippen molar-refractivity contribution in [3.63, 3.8) is 0 Å². The van der Waals surface area contributed by atoms with Crippen LogP contribution in [0.15, 0.2) is 15.0 Å². The summed E-state index contributed by atoms with van der Waals surface area (Å²) in [6, 6.07) is 0. The molecule has 0 bridgehead atoms. The zero-order valence-electron chi connectivity index (χ0n) is 9.36. The van der Waals surface area contributed by atoms with Crippen molar-refractivity contribution < 1.29 is 28.6 Å². The number of carbonyl (C=O) groups is 3. The normalized spacial score (nSPS) is 21.9. The van der Waals surface area contributed by atoms with Gasteiger partial charge in [0.15, 0.2) is 27.7 Å². The highest BCUT2D eigenvalue weighted by molar-refractivity contribution is 8.01. The molecule has 10 heteroatoms. The van der Waals surface area contributed by atoms with Gasteiger partial charge in [0.05, 0.1) is 0 Å². The van der Waals surface area contributed by atoms with E-state index in [4.69, 9.17) is 14.2 Å². The summed E-state index contributed by atoms with van der Waals surface area (Å²) in [5, 5.41) is 0. The van der Waals surface area contributed by atoms with Crippen molar-refractivity contribution in [2.75, 3.05) is 19.8 Å². The minimum atomic E-state index is -1.72. The SMILES string of the molecule is O=C1COC(P(C2=NC(=O)CO2)C2=NC(=O)CO2)=N1. The predicted molar refractivity (Wildman–Crippen MR) is 62.1 cm³/mol. The number of aliphatic imine (C=N–C) groups is 3. The minimum Gasteiger partial charge on any atom is -0.467 e. The highest BCUT2D eigenvalue weighted by Crippen LogP contribution is 2.46. The van der Waals surface area contributed by atoms with Gasteiger partial charge in [0, 0.05) is 0 Å². The summed E-state index contributed by atoms with van der Waals surface area (Å²) >= 11 is 0. The quantitative estimate of drug-likeness (QED) is 0.626. The summed E-state index contributed by atoms with van der Waals surface area (Å²) in [6.45, 7) is -0.593. The van der Waals surface area contributed by atoms with Gasteiger partial charge in [-0.3, -0.25) is 14.4 Å². The third kappa shape index (κ3) is 2.24. The standard InChI is InChI=1S/C9H6N3O6P/c13-4-1-16-7(10-4)19(8-11-5(14)2-17-8)9-12-6(15)3-18-9/h1-3H2. The van der Waals surface area contributed by atoms with Crippen LogP contribution in [-0.4, -0.2) is 54.5 Å². The molecule has 0 aromatic heterocycles. The van der Waals surface area contributed by atoms with E-state index in [9.17, 15) is 14.4 Å². The van der Waals surface area contributed by atoms with Gasteiger partial charge < -0.3 is 14.2 Å². The van der Waals surface area contributed by atoms with Gasteiger partial charge in [-0.1, -0.05) is 0 Å². The fourth-order valence-corrected chi connectivity index (χ4v) is 3.19. The fraction of sp³-hybridized carbons (Fsp3) is 0.333. The van der Waals surface area contributed by atoms with Crippen LogP contribution in [0.5, 0.6) is 0 Å². The van der Waals surface area contributed by atoms with Gasteiger partial charge in [0.2, 0.25) is 16.9 Å². The Morgan fingerprint density at radius 2 is 1.00 bits per heavy atom. The fourth-order valence-electron chi connectivity index (χ4n) is 1.48. The van der Waals surface area contributed by atoms with Crippen LogP contribution in [0.3, 0.4) is 0 Å². The molecule has 0 aromatic rings. The van der Waals surface area contributed by atoms with Crippen molar-refractivity contribution in [3.8, 4) is 0 Å². The van der Waals surface area contributed by atoms with E-state index in [0.29, 0.717) is 0 Å². The maximum atomic E-state index is 11.1. The van der Waals surface area contributed by atoms with Crippen LogP contribution in [-0.2, 0) is 28.6 Å². The number of carbonyl (C=O) groups excluding carboxylic acids is 3. The Hall–Kier alpha value is -2.15. The van der Waals surface area contributed by atoms with E-state index >= 15 is 0 Å². The van der Waals surface area contributed by atoms with Crippen LogP contribution in [0.25, 0.3) is 0 Å². The van der Waals surface area contributed by atoms with Crippen LogP contribution in [0.1, 0.15) is 0 Å². The van der Waals surface area contributed by atoms with Gasteiger partial charge >= 0.3 is 0 Å². The average Bonchev–Trinajstić information content (AvgIpc) is 3.05. The van der Waals surface area contributed by atoms with Gasteiger partial charge in [-0.15, -0.1) is 0 Å². The molecule has 3 rings (SSSR count). The van der Waals surface area contributed by atoms with Gasteiger partial charge in [0.25, 0.3) is 17.7 Å². The lowest BCUT2D eigenvalue weighted by molar-refractivity contribution is -0.119. The molecular weight excluding hydrogens is 277 g/mol. The lowest BCUT2D eigenvalue weighted by Crippen LogP contribution is -2.14. The van der Waals surface area contributed by atoms with Gasteiger partial charge in [-0.2, -0.15) is 15.0 Å². The smallest absolute Gasteiger partial charge is 0.286 e. The van der Waals surface area contributed by atoms with Crippen LogP contribution < -0.4 is 0 Å². The molecule has 98 valence electrons. The second-order valence-electron chi connectivity index (χ2n) is 3.57. The van der Waals surface area contributed by atoms with E-state index in [1.807, 2.05) is 0 Å². The Kier molecular flexibility index (Phi) is 2.83. The molecule has 9 nitrogen and oxygen atoms in total. The van der Waals surface area contributed by atoms with E-state index in [1.165, 1.54) is 0 Å². The number of rotatable bonds is 3. The van der Waals surface area contributed by atoms with E-state index in [0.717, 1.165) is 0 Å². The molecule has 3 aliphatic rings. The largest absolute Gasteiger partial charge is 0.467 e. The van der Waals surface area contributed by atoms with Crippen LogP contribution in [0.2, 0.25) is 0 Å². The van der Waals surface area contributed by atoms with Gasteiger partial charge in [0.1, 0.15) is 0 Å². The van der Waals surface area contributed by atoms with Crippen LogP contribution in [0, 0.1) is 0 Å². The van der Waals surface area contributed by atoms with Crippen molar-refractivity contribution in [2.45, 2.75) is 0 Å². The second-order valence-corrected chi connectivity index (χ2v) is 5.38. The zero-order chi connectivity index (χ0) is 13.4. The molecule has 0 saturated carbocycles. The molecule has 3 aliphatic heterocycles. The number of nitrogens with zero attached hydrogens (tertiary/aromatic N) is 3. The first-order valence-corrected chi connectivity index (χ1v) is 6.51. The first-order chi connectivity index (χ1) is 9.13. The Bertz CT molecular complexity index is 500. The van der Waals surface area contributed by atoms with Crippen LogP contribution in [0.4, 0.5) is 0 Å². The summed E-state index contributed by atoms with van der Waals surface area (Å²) in [6.07, 6.45) is 0. The third-order valence-electron chi connectivity index (χ3n) is 2.21. The Morgan fingerprint density at radius 1 is 0.684 bits per heavy atom. The molecule has 0 aromatic carbocycles. The number of hydrogen-bond acceptors (Lipinski definition) is 6. The summed E-state index contributed by atoms with van der Waals surface area (Å²) < 4.78 is 15.3. The maximum absolute atomic E-state index is 11.1. The molecule has 0 aliphatic carbocycles. The zero-order valence-corrected chi connectivity index (χ0v) is 10.3. The molecular formula is C9H6N3O6P. The van der Waals surface area contributed by atoms with Crippen molar-refractivity contribution in [1.29, 1.82) is 0 Å². The van der Waals surface area contributed by atoms with E-state index in [2.05, 4.69) is 15.0 Å². The summed E-state index contributed by atoms with van der Waals surface area (Å²) in [5.41, 5.74) is 0.0886. The van der Waals surface area contributed by atoms with Crippen LogP contribution >= 0.6 is 7.92 Å². The highest BCUT2D eigenvalue weighted by Gasteiger charge is 2.41. The average molecular weight is 283 g/mol. The molecule has 0 N–H and O–H groups in total. The third-order valence-corrected chi connectivity index (χ3v) is 4.04. The molecule has 19 heavy (non-hydrogen) atoms. The lowest BCUT2D eigenvalue weighted by Gasteiger charge is -2.13. The molecule has 3 heterocycles. The van der Waals surface area contributed by atoms with Gasteiger partial charge in [-0.25, -0.2) is 0 Å². The number of ether oxygens (including phenoxy) is 3. The molecule has 3 amide bonds. The van der Waals surface area contributed by atoms with Crippen molar-refractivity contribution in [1.82, 2.24) is 0 Å². The summed E-state index contributed by atoms with van der Waals surface area (Å²) in [5.74, 6) is -1.38. The highest BCUT2D eigenvalue weighted by atomic mass is 31.1. The van der Waals surface area contributed by atoms with E-state index in [1.54, 1.807) is 0 Å². The molecule has 0 atom stereocenters. The summed E-state index contributed by atoms with van der Waals surface area (Å²) in [7, 11) is -1.72. The van der Waals surface area contributed by atoms with E-state index < -0.39 is 25.6 Å². The number of amides is 3. The predicted octanol–water partition coefficient (Wildman–Crippen LogP) is -0.793. The first-order valence-electron chi connectivity index (χ1n) is 5.16. The molecule has 0 radical (unpaired) electrons. The molecule has 0 unspecified atom stereocenters. The minimum absolute atomic E-state index is 0.0295. The van der Waals surface area contributed by atoms with E-state index in [-0.39, 0.29) is 36.7 Å². The Labute approximate surface area is 107 Å².